The van der Waals surface area contributed by atoms with Crippen molar-refractivity contribution in [1.29, 1.82) is 0 Å². The molecule has 0 amide bonds. The van der Waals surface area contributed by atoms with E-state index in [-0.39, 0.29) is 5.28 Å². The second-order valence-electron chi connectivity index (χ2n) is 4.04. The number of halogens is 1. The van der Waals surface area contributed by atoms with E-state index in [2.05, 4.69) is 30.0 Å². The molecule has 1 saturated heterocycles. The molecule has 0 bridgehead atoms. The summed E-state index contributed by atoms with van der Waals surface area (Å²) in [6, 6.07) is 0. The summed E-state index contributed by atoms with van der Waals surface area (Å²) in [7, 11) is 0. The van der Waals surface area contributed by atoms with Gasteiger partial charge in [0.05, 0.1) is 0 Å². The molecule has 2 aromatic heterocycles. The molecule has 0 spiro atoms. The average Bonchev–Trinajstić information content (AvgIpc) is 2.92. The van der Waals surface area contributed by atoms with Gasteiger partial charge in [-0.1, -0.05) is 11.3 Å². The summed E-state index contributed by atoms with van der Waals surface area (Å²) in [4.78, 5) is 14.9. The smallest absolute Gasteiger partial charge is 0.230 e. The van der Waals surface area contributed by atoms with E-state index in [1.165, 1.54) is 42.4 Å². The van der Waals surface area contributed by atoms with Crippen LogP contribution in [-0.2, 0) is 0 Å². The quantitative estimate of drug-likeness (QED) is 0.862. The van der Waals surface area contributed by atoms with Crippen molar-refractivity contribution in [3.05, 3.63) is 10.8 Å². The Morgan fingerprint density at radius 3 is 2.74 bits per heavy atom. The van der Waals surface area contributed by atoms with Gasteiger partial charge in [0.15, 0.2) is 4.34 Å². The molecule has 3 rings (SSSR count). The third-order valence-electron chi connectivity index (χ3n) is 2.73. The average molecular weight is 315 g/mol. The van der Waals surface area contributed by atoms with E-state index in [4.69, 9.17) is 11.6 Å². The zero-order valence-electron chi connectivity index (χ0n) is 9.99. The van der Waals surface area contributed by atoms with Gasteiger partial charge in [-0.2, -0.15) is 15.0 Å². The van der Waals surface area contributed by atoms with Gasteiger partial charge in [-0.15, -0.1) is 10.2 Å². The van der Waals surface area contributed by atoms with Crippen LogP contribution in [0.1, 0.15) is 19.3 Å². The van der Waals surface area contributed by atoms with Crippen molar-refractivity contribution in [3.8, 4) is 0 Å². The maximum absolute atomic E-state index is 5.97. The zero-order chi connectivity index (χ0) is 13.1. The highest BCUT2D eigenvalue weighted by molar-refractivity contribution is 8.00. The van der Waals surface area contributed by atoms with Gasteiger partial charge in [0.2, 0.25) is 16.4 Å². The van der Waals surface area contributed by atoms with E-state index >= 15 is 0 Å². The molecule has 0 radical (unpaired) electrons. The summed E-state index contributed by atoms with van der Waals surface area (Å²) >= 11 is 8.78. The molecule has 1 aliphatic heterocycles. The highest BCUT2D eigenvalue weighted by atomic mass is 35.5. The Hall–Kier alpha value is -0.990. The highest BCUT2D eigenvalue weighted by Gasteiger charge is 2.16. The largest absolute Gasteiger partial charge is 0.341 e. The molecule has 0 N–H and O–H groups in total. The second kappa shape index (κ2) is 5.98. The molecule has 19 heavy (non-hydrogen) atoms. The van der Waals surface area contributed by atoms with Gasteiger partial charge >= 0.3 is 0 Å². The van der Waals surface area contributed by atoms with Crippen LogP contribution < -0.4 is 4.90 Å². The fourth-order valence-electron chi connectivity index (χ4n) is 1.89. The van der Waals surface area contributed by atoms with Crippen LogP contribution in [0, 0.1) is 0 Å². The number of hydrogen-bond acceptors (Lipinski definition) is 8. The molecule has 1 aliphatic rings. The van der Waals surface area contributed by atoms with Gasteiger partial charge in [-0.3, -0.25) is 0 Å². The monoisotopic (exact) mass is 314 g/mol. The van der Waals surface area contributed by atoms with Crippen LogP contribution in [0.5, 0.6) is 0 Å². The first-order valence-corrected chi connectivity index (χ1v) is 7.99. The summed E-state index contributed by atoms with van der Waals surface area (Å²) in [5.74, 6) is 0.659. The Bertz CT molecular complexity index is 543. The second-order valence-corrected chi connectivity index (χ2v) is 6.43. The first-order chi connectivity index (χ1) is 9.31. The molecule has 0 unspecified atom stereocenters. The molecule has 9 heteroatoms. The van der Waals surface area contributed by atoms with E-state index in [1.54, 1.807) is 5.51 Å². The lowest BCUT2D eigenvalue weighted by Gasteiger charge is -2.26. The fourth-order valence-corrected chi connectivity index (χ4v) is 3.42. The number of hydrogen-bond donors (Lipinski definition) is 0. The van der Waals surface area contributed by atoms with E-state index < -0.39 is 0 Å². The Labute approximate surface area is 123 Å². The molecule has 0 saturated carbocycles. The standard InChI is InChI=1S/C10H11ClN6S2/c11-7-13-8(17-4-2-1-3-5-17)15-9(14-7)19-10-16-12-6-18-10/h6H,1-5H2. The molecule has 0 atom stereocenters. The van der Waals surface area contributed by atoms with Crippen LogP contribution in [-0.4, -0.2) is 38.2 Å². The Morgan fingerprint density at radius 1 is 1.16 bits per heavy atom. The molecule has 3 heterocycles. The van der Waals surface area contributed by atoms with Gasteiger partial charge in [-0.25, -0.2) is 0 Å². The Kier molecular flexibility index (Phi) is 4.09. The lowest BCUT2D eigenvalue weighted by molar-refractivity contribution is 0.564. The van der Waals surface area contributed by atoms with Crippen LogP contribution in [0.3, 0.4) is 0 Å². The van der Waals surface area contributed by atoms with Crippen LogP contribution in [0.2, 0.25) is 5.28 Å². The molecule has 2 aromatic rings. The minimum atomic E-state index is 0.225. The predicted molar refractivity (Wildman–Crippen MR) is 74.9 cm³/mol. The van der Waals surface area contributed by atoms with Crippen molar-refractivity contribution in [1.82, 2.24) is 25.1 Å². The van der Waals surface area contributed by atoms with Crippen molar-refractivity contribution in [2.24, 2.45) is 0 Å². The summed E-state index contributed by atoms with van der Waals surface area (Å²) in [6.07, 6.45) is 3.60. The topological polar surface area (TPSA) is 67.7 Å². The maximum atomic E-state index is 5.97. The number of anilines is 1. The number of piperidine rings is 1. The minimum Gasteiger partial charge on any atom is -0.341 e. The summed E-state index contributed by atoms with van der Waals surface area (Å²) in [6.45, 7) is 1.95. The number of nitrogens with zero attached hydrogens (tertiary/aromatic N) is 6. The first-order valence-electron chi connectivity index (χ1n) is 5.92. The van der Waals surface area contributed by atoms with E-state index in [0.29, 0.717) is 11.1 Å². The van der Waals surface area contributed by atoms with Gasteiger partial charge in [0, 0.05) is 13.1 Å². The third kappa shape index (κ3) is 3.31. The number of rotatable bonds is 3. The predicted octanol–water partition coefficient (Wildman–Crippen LogP) is 2.52. The van der Waals surface area contributed by atoms with Crippen molar-refractivity contribution < 1.29 is 0 Å². The van der Waals surface area contributed by atoms with E-state index in [1.807, 2.05) is 0 Å². The molecular formula is C10H11ClN6S2. The summed E-state index contributed by atoms with van der Waals surface area (Å²) in [5, 5.41) is 8.54. The molecule has 100 valence electrons. The van der Waals surface area contributed by atoms with Crippen LogP contribution >= 0.6 is 34.7 Å². The van der Waals surface area contributed by atoms with Gasteiger partial charge < -0.3 is 4.90 Å². The zero-order valence-corrected chi connectivity index (χ0v) is 12.4. The van der Waals surface area contributed by atoms with Crippen molar-refractivity contribution >= 4 is 40.6 Å². The van der Waals surface area contributed by atoms with Crippen LogP contribution in [0.25, 0.3) is 0 Å². The maximum Gasteiger partial charge on any atom is 0.230 e. The molecule has 0 aliphatic carbocycles. The highest BCUT2D eigenvalue weighted by Crippen LogP contribution is 2.27. The van der Waals surface area contributed by atoms with E-state index in [0.717, 1.165) is 17.4 Å². The summed E-state index contributed by atoms with van der Waals surface area (Å²) in [5.41, 5.74) is 1.68. The Balaban J connectivity index is 1.82. The molecular weight excluding hydrogens is 304 g/mol. The summed E-state index contributed by atoms with van der Waals surface area (Å²) < 4.78 is 0.798. The van der Waals surface area contributed by atoms with Crippen molar-refractivity contribution in [2.45, 2.75) is 28.8 Å². The van der Waals surface area contributed by atoms with Gasteiger partial charge in [-0.05, 0) is 42.6 Å². The SMILES string of the molecule is Clc1nc(Sc2nncs2)nc(N2CCCCC2)n1. The van der Waals surface area contributed by atoms with Gasteiger partial charge in [0.25, 0.3) is 0 Å². The fraction of sp³-hybridized carbons (Fsp3) is 0.500. The van der Waals surface area contributed by atoms with E-state index in [9.17, 15) is 0 Å². The third-order valence-corrected chi connectivity index (χ3v) is 4.55. The van der Waals surface area contributed by atoms with Crippen LogP contribution in [0.15, 0.2) is 15.0 Å². The Morgan fingerprint density at radius 2 is 2.00 bits per heavy atom. The lowest BCUT2D eigenvalue weighted by Crippen LogP contribution is -2.31. The van der Waals surface area contributed by atoms with Gasteiger partial charge in [0.1, 0.15) is 5.51 Å². The lowest BCUT2D eigenvalue weighted by atomic mass is 10.1. The minimum absolute atomic E-state index is 0.225. The van der Waals surface area contributed by atoms with Crippen molar-refractivity contribution in [3.63, 3.8) is 0 Å². The number of aromatic nitrogens is 5. The molecule has 0 aromatic carbocycles. The van der Waals surface area contributed by atoms with Crippen molar-refractivity contribution in [2.75, 3.05) is 18.0 Å². The van der Waals surface area contributed by atoms with Crippen LogP contribution in [0.4, 0.5) is 5.95 Å². The molecule has 1 fully saturated rings. The normalized spacial score (nSPS) is 15.7. The first kappa shape index (κ1) is 13.0. The molecule has 6 nitrogen and oxygen atoms in total.